The number of rotatable bonds is 12. The van der Waals surface area contributed by atoms with E-state index >= 15 is 0 Å². The van der Waals surface area contributed by atoms with Crippen molar-refractivity contribution in [2.75, 3.05) is 83.5 Å². The van der Waals surface area contributed by atoms with Gasteiger partial charge in [-0.1, -0.05) is 36.4 Å². The van der Waals surface area contributed by atoms with Gasteiger partial charge in [0.05, 0.1) is 23.7 Å². The highest BCUT2D eigenvalue weighted by Gasteiger charge is 2.23. The van der Waals surface area contributed by atoms with E-state index in [-0.39, 0.29) is 10.6 Å². The lowest BCUT2D eigenvalue weighted by Crippen LogP contribution is -2.47. The Morgan fingerprint density at radius 2 is 1.46 bits per heavy atom. The lowest BCUT2D eigenvalue weighted by molar-refractivity contribution is -0.384. The molecule has 0 unspecified atom stereocenters. The maximum Gasteiger partial charge on any atom is 0.277 e. The molecule has 2 aliphatic heterocycles. The molecule has 2 aromatic carbocycles. The number of anilines is 1. The van der Waals surface area contributed by atoms with Crippen LogP contribution in [-0.4, -0.2) is 98.2 Å². The Kier molecular flexibility index (Phi) is 9.85. The first-order valence-electron chi connectivity index (χ1n) is 13.2. The summed E-state index contributed by atoms with van der Waals surface area (Å²) in [6.07, 6.45) is 3.89. The van der Waals surface area contributed by atoms with Crippen molar-refractivity contribution < 1.29 is 9.66 Å². The minimum Gasteiger partial charge on any atom is -0.375 e. The van der Waals surface area contributed by atoms with Gasteiger partial charge >= 0.3 is 0 Å². The third kappa shape index (κ3) is 7.26. The molecule has 0 spiro atoms. The SMILES string of the molecule is C=CCN1CCN(CCOCc2ccc(-c3ccccc3N3CCN(CC=C)CC3)c([N+](=O)[O-])c2)CC1. The van der Waals surface area contributed by atoms with E-state index in [2.05, 4.69) is 38.8 Å². The number of para-hydroxylation sites is 1. The molecule has 2 aromatic rings. The minimum atomic E-state index is -0.277. The van der Waals surface area contributed by atoms with Gasteiger partial charge in [0.15, 0.2) is 0 Å². The molecule has 2 aliphatic rings. The van der Waals surface area contributed by atoms with Crippen LogP contribution in [0.2, 0.25) is 0 Å². The van der Waals surface area contributed by atoms with Gasteiger partial charge < -0.3 is 9.64 Å². The summed E-state index contributed by atoms with van der Waals surface area (Å²) < 4.78 is 5.91. The van der Waals surface area contributed by atoms with Crippen LogP contribution in [0.3, 0.4) is 0 Å². The molecule has 2 heterocycles. The monoisotopic (exact) mass is 505 g/mol. The van der Waals surface area contributed by atoms with Crippen LogP contribution in [0.25, 0.3) is 11.1 Å². The smallest absolute Gasteiger partial charge is 0.277 e. The average Bonchev–Trinajstić information content (AvgIpc) is 2.93. The maximum atomic E-state index is 12.1. The molecule has 37 heavy (non-hydrogen) atoms. The first-order valence-corrected chi connectivity index (χ1v) is 13.2. The molecule has 0 bridgehead atoms. The number of hydrogen-bond donors (Lipinski definition) is 0. The number of nitro groups is 1. The van der Waals surface area contributed by atoms with Crippen LogP contribution in [-0.2, 0) is 11.3 Å². The summed E-state index contributed by atoms with van der Waals surface area (Å²) in [6.45, 7) is 19.1. The summed E-state index contributed by atoms with van der Waals surface area (Å²) in [5, 5.41) is 12.1. The van der Waals surface area contributed by atoms with Gasteiger partial charge in [0, 0.05) is 89.3 Å². The zero-order chi connectivity index (χ0) is 26.0. The fourth-order valence-corrected chi connectivity index (χ4v) is 5.14. The number of nitrogens with zero attached hydrogens (tertiary/aromatic N) is 5. The number of benzene rings is 2. The van der Waals surface area contributed by atoms with Crippen molar-refractivity contribution in [2.45, 2.75) is 6.61 Å². The standard InChI is InChI=1S/C29H39N5O3/c1-3-11-30-13-15-32(16-14-30)21-22-37-24-25-9-10-27(29(23-25)34(35)36)26-7-5-6-8-28(26)33-19-17-31(12-4-2)18-20-33/h3-10,23H,1-2,11-22,24H2. The summed E-state index contributed by atoms with van der Waals surface area (Å²) in [7, 11) is 0. The highest BCUT2D eigenvalue weighted by molar-refractivity contribution is 5.84. The van der Waals surface area contributed by atoms with E-state index in [1.807, 2.05) is 42.5 Å². The van der Waals surface area contributed by atoms with Crippen LogP contribution in [0, 0.1) is 10.1 Å². The summed E-state index contributed by atoms with van der Waals surface area (Å²) in [4.78, 5) is 21.3. The third-order valence-electron chi connectivity index (χ3n) is 7.23. The lowest BCUT2D eigenvalue weighted by atomic mass is 9.99. The van der Waals surface area contributed by atoms with Gasteiger partial charge in [-0.15, -0.1) is 13.2 Å². The minimum absolute atomic E-state index is 0.122. The molecule has 0 aliphatic carbocycles. The van der Waals surface area contributed by atoms with Gasteiger partial charge in [-0.3, -0.25) is 24.8 Å². The van der Waals surface area contributed by atoms with Crippen molar-refractivity contribution in [3.8, 4) is 11.1 Å². The molecule has 0 radical (unpaired) electrons. The summed E-state index contributed by atoms with van der Waals surface area (Å²) in [5.41, 5.74) is 3.53. The predicted octanol–water partition coefficient (Wildman–Crippen LogP) is 3.89. The van der Waals surface area contributed by atoms with Crippen molar-refractivity contribution in [2.24, 2.45) is 0 Å². The van der Waals surface area contributed by atoms with Crippen molar-refractivity contribution in [1.29, 1.82) is 0 Å². The third-order valence-corrected chi connectivity index (χ3v) is 7.23. The Bertz CT molecular complexity index is 1060. The molecule has 4 rings (SSSR count). The van der Waals surface area contributed by atoms with E-state index in [1.165, 1.54) is 0 Å². The van der Waals surface area contributed by atoms with Crippen molar-refractivity contribution in [1.82, 2.24) is 14.7 Å². The molecular weight excluding hydrogens is 466 g/mol. The van der Waals surface area contributed by atoms with Gasteiger partial charge in [0.2, 0.25) is 0 Å². The molecule has 0 amide bonds. The van der Waals surface area contributed by atoms with E-state index in [0.29, 0.717) is 18.8 Å². The fourth-order valence-electron chi connectivity index (χ4n) is 5.14. The van der Waals surface area contributed by atoms with E-state index in [1.54, 1.807) is 6.07 Å². The summed E-state index contributed by atoms with van der Waals surface area (Å²) in [6, 6.07) is 13.5. The molecule has 2 fully saturated rings. The molecule has 8 heteroatoms. The van der Waals surface area contributed by atoms with Crippen LogP contribution < -0.4 is 4.90 Å². The topological polar surface area (TPSA) is 65.3 Å². The normalized spacial score (nSPS) is 17.6. The second-order valence-corrected chi connectivity index (χ2v) is 9.69. The molecule has 0 N–H and O–H groups in total. The van der Waals surface area contributed by atoms with E-state index < -0.39 is 0 Å². The Hall–Kier alpha value is -3.04. The van der Waals surface area contributed by atoms with Gasteiger partial charge in [-0.25, -0.2) is 0 Å². The predicted molar refractivity (Wildman–Crippen MR) is 150 cm³/mol. The highest BCUT2D eigenvalue weighted by atomic mass is 16.6. The summed E-state index contributed by atoms with van der Waals surface area (Å²) in [5.74, 6) is 0. The highest BCUT2D eigenvalue weighted by Crippen LogP contribution is 2.37. The first kappa shape index (κ1) is 27.0. The van der Waals surface area contributed by atoms with Crippen LogP contribution in [0.4, 0.5) is 11.4 Å². The quantitative estimate of drug-likeness (QED) is 0.188. The lowest BCUT2D eigenvalue weighted by Gasteiger charge is -2.36. The van der Waals surface area contributed by atoms with E-state index in [9.17, 15) is 10.1 Å². The molecule has 0 aromatic heterocycles. The van der Waals surface area contributed by atoms with Gasteiger partial charge in [0.1, 0.15) is 0 Å². The molecule has 198 valence electrons. The molecular formula is C29H39N5O3. The maximum absolute atomic E-state index is 12.1. The number of piperazine rings is 2. The second kappa shape index (κ2) is 13.5. The van der Waals surface area contributed by atoms with Crippen LogP contribution in [0.5, 0.6) is 0 Å². The molecule has 2 saturated heterocycles. The number of hydrogen-bond acceptors (Lipinski definition) is 7. The summed E-state index contributed by atoms with van der Waals surface area (Å²) >= 11 is 0. The van der Waals surface area contributed by atoms with Gasteiger partial charge in [-0.2, -0.15) is 0 Å². The average molecular weight is 506 g/mol. The zero-order valence-electron chi connectivity index (χ0n) is 21.8. The second-order valence-electron chi connectivity index (χ2n) is 9.69. The first-order chi connectivity index (χ1) is 18.1. The van der Waals surface area contributed by atoms with Crippen molar-refractivity contribution in [3.63, 3.8) is 0 Å². The van der Waals surface area contributed by atoms with Gasteiger partial charge in [-0.05, 0) is 17.7 Å². The van der Waals surface area contributed by atoms with E-state index in [4.69, 9.17) is 4.74 Å². The van der Waals surface area contributed by atoms with Crippen LogP contribution in [0.1, 0.15) is 5.56 Å². The largest absolute Gasteiger partial charge is 0.375 e. The Labute approximate surface area is 220 Å². The zero-order valence-corrected chi connectivity index (χ0v) is 21.8. The van der Waals surface area contributed by atoms with Crippen LogP contribution >= 0.6 is 0 Å². The number of nitro benzene ring substituents is 1. The van der Waals surface area contributed by atoms with Crippen molar-refractivity contribution in [3.05, 3.63) is 83.5 Å². The van der Waals surface area contributed by atoms with Crippen molar-refractivity contribution >= 4 is 11.4 Å². The Balaban J connectivity index is 1.38. The molecule has 0 saturated carbocycles. The Morgan fingerprint density at radius 3 is 2.11 bits per heavy atom. The molecule has 8 nitrogen and oxygen atoms in total. The fraction of sp³-hybridized carbons (Fsp3) is 0.448. The molecule has 0 atom stereocenters. The van der Waals surface area contributed by atoms with E-state index in [0.717, 1.165) is 88.8 Å². The van der Waals surface area contributed by atoms with Gasteiger partial charge in [0.25, 0.3) is 5.69 Å². The number of ether oxygens (including phenoxy) is 1. The van der Waals surface area contributed by atoms with Crippen LogP contribution in [0.15, 0.2) is 67.8 Å². The Morgan fingerprint density at radius 1 is 0.838 bits per heavy atom.